The largest absolute Gasteiger partial charge is 0.347 e. The number of thiophene rings is 1. The van der Waals surface area contributed by atoms with E-state index in [4.69, 9.17) is 0 Å². The molecule has 0 aromatic carbocycles. The van der Waals surface area contributed by atoms with Gasteiger partial charge in [0.15, 0.2) is 0 Å². The van der Waals surface area contributed by atoms with Crippen LogP contribution in [0.5, 0.6) is 0 Å². The number of carbonyl (C=O) groups excluding carboxylic acids is 1. The van der Waals surface area contributed by atoms with Gasteiger partial charge in [0.1, 0.15) is 0 Å². The molecular formula is C14H18BrNOS. The molecule has 0 saturated heterocycles. The van der Waals surface area contributed by atoms with Gasteiger partial charge in [-0.2, -0.15) is 0 Å². The number of amides is 1. The zero-order valence-corrected chi connectivity index (χ0v) is 12.8. The van der Waals surface area contributed by atoms with Gasteiger partial charge in [-0.3, -0.25) is 4.79 Å². The van der Waals surface area contributed by atoms with Gasteiger partial charge in [0, 0.05) is 15.7 Å². The Morgan fingerprint density at radius 2 is 2.11 bits per heavy atom. The molecule has 2 nitrogen and oxygen atoms in total. The SMILES string of the molecule is O=C(NC1CCCC1Br)c1cc2c(s1)CCCC2. The van der Waals surface area contributed by atoms with Crippen LogP contribution in [0.4, 0.5) is 0 Å². The first-order valence-corrected chi connectivity index (χ1v) is 8.54. The van der Waals surface area contributed by atoms with Crippen LogP contribution in [0.15, 0.2) is 6.07 Å². The van der Waals surface area contributed by atoms with Crippen LogP contribution in [-0.2, 0) is 12.8 Å². The van der Waals surface area contributed by atoms with Crippen molar-refractivity contribution in [3.63, 3.8) is 0 Å². The standard InChI is InChI=1S/C14H18BrNOS/c15-10-5-3-6-11(10)16-14(17)13-8-9-4-1-2-7-12(9)18-13/h8,10-11H,1-7H2,(H,16,17). The molecule has 1 aromatic rings. The van der Waals surface area contributed by atoms with Crippen molar-refractivity contribution in [1.29, 1.82) is 0 Å². The van der Waals surface area contributed by atoms with Crippen molar-refractivity contribution in [3.05, 3.63) is 21.4 Å². The lowest BCUT2D eigenvalue weighted by molar-refractivity contribution is 0.0943. The number of alkyl halides is 1. The average molecular weight is 328 g/mol. The number of fused-ring (bicyclic) bond motifs is 1. The molecule has 4 heteroatoms. The molecule has 1 saturated carbocycles. The molecule has 3 rings (SSSR count). The van der Waals surface area contributed by atoms with E-state index in [0.29, 0.717) is 10.9 Å². The van der Waals surface area contributed by atoms with Crippen molar-refractivity contribution in [2.45, 2.75) is 55.8 Å². The zero-order chi connectivity index (χ0) is 12.5. The van der Waals surface area contributed by atoms with Crippen molar-refractivity contribution >= 4 is 33.2 Å². The fourth-order valence-corrected chi connectivity index (χ4v) is 4.80. The van der Waals surface area contributed by atoms with Crippen LogP contribution in [0, 0.1) is 0 Å². The molecule has 2 unspecified atom stereocenters. The number of carbonyl (C=O) groups is 1. The normalized spacial score (nSPS) is 26.9. The zero-order valence-electron chi connectivity index (χ0n) is 10.4. The fraction of sp³-hybridized carbons (Fsp3) is 0.643. The second-order valence-corrected chi connectivity index (χ2v) is 7.61. The van der Waals surface area contributed by atoms with E-state index >= 15 is 0 Å². The third-order valence-corrected chi connectivity index (χ3v) is 6.30. The van der Waals surface area contributed by atoms with Gasteiger partial charge in [-0.05, 0) is 50.2 Å². The first-order chi connectivity index (χ1) is 8.74. The number of rotatable bonds is 2. The number of aryl methyl sites for hydroxylation is 2. The van der Waals surface area contributed by atoms with Crippen LogP contribution in [0.1, 0.15) is 52.2 Å². The summed E-state index contributed by atoms with van der Waals surface area (Å²) in [5, 5.41) is 3.18. The molecule has 1 aromatic heterocycles. The van der Waals surface area contributed by atoms with E-state index in [2.05, 4.69) is 27.3 Å². The maximum Gasteiger partial charge on any atom is 0.261 e. The molecule has 0 spiro atoms. The number of hydrogen-bond acceptors (Lipinski definition) is 2. The summed E-state index contributed by atoms with van der Waals surface area (Å²) in [4.78, 5) is 15.0. The molecule has 98 valence electrons. The smallest absolute Gasteiger partial charge is 0.261 e. The van der Waals surface area contributed by atoms with Crippen molar-refractivity contribution in [2.75, 3.05) is 0 Å². The van der Waals surface area contributed by atoms with Gasteiger partial charge in [0.2, 0.25) is 0 Å². The van der Waals surface area contributed by atoms with Gasteiger partial charge in [0.25, 0.3) is 5.91 Å². The molecule has 0 bridgehead atoms. The van der Waals surface area contributed by atoms with Gasteiger partial charge in [-0.25, -0.2) is 0 Å². The Kier molecular flexibility index (Phi) is 3.76. The summed E-state index contributed by atoms with van der Waals surface area (Å²) >= 11 is 5.35. The second kappa shape index (κ2) is 5.33. The molecule has 1 N–H and O–H groups in total. The van der Waals surface area contributed by atoms with Crippen molar-refractivity contribution in [2.24, 2.45) is 0 Å². The highest BCUT2D eigenvalue weighted by Crippen LogP contribution is 2.30. The van der Waals surface area contributed by atoms with Crippen LogP contribution >= 0.6 is 27.3 Å². The summed E-state index contributed by atoms with van der Waals surface area (Å²) in [7, 11) is 0. The van der Waals surface area contributed by atoms with E-state index in [1.807, 2.05) is 0 Å². The van der Waals surface area contributed by atoms with Gasteiger partial charge in [-0.1, -0.05) is 22.4 Å². The topological polar surface area (TPSA) is 29.1 Å². The second-order valence-electron chi connectivity index (χ2n) is 5.29. The predicted octanol–water partition coefficient (Wildman–Crippen LogP) is 3.67. The summed E-state index contributed by atoms with van der Waals surface area (Å²) < 4.78 is 0. The summed E-state index contributed by atoms with van der Waals surface area (Å²) in [6, 6.07) is 2.43. The Morgan fingerprint density at radius 1 is 1.28 bits per heavy atom. The molecular weight excluding hydrogens is 310 g/mol. The van der Waals surface area contributed by atoms with Crippen LogP contribution in [0.3, 0.4) is 0 Å². The quantitative estimate of drug-likeness (QED) is 0.825. The number of halogens is 1. The first kappa shape index (κ1) is 12.7. The van der Waals surface area contributed by atoms with E-state index in [9.17, 15) is 4.79 Å². The monoisotopic (exact) mass is 327 g/mol. The Bertz CT molecular complexity index is 433. The van der Waals surface area contributed by atoms with E-state index < -0.39 is 0 Å². The third-order valence-electron chi connectivity index (χ3n) is 3.97. The van der Waals surface area contributed by atoms with Gasteiger partial charge >= 0.3 is 0 Å². The third kappa shape index (κ3) is 2.50. The highest BCUT2D eigenvalue weighted by atomic mass is 79.9. The van der Waals surface area contributed by atoms with E-state index in [1.165, 1.54) is 36.1 Å². The Hall–Kier alpha value is -0.350. The van der Waals surface area contributed by atoms with Crippen LogP contribution in [0.2, 0.25) is 0 Å². The number of nitrogens with one attached hydrogen (secondary N) is 1. The van der Waals surface area contributed by atoms with E-state index in [-0.39, 0.29) is 5.91 Å². The summed E-state index contributed by atoms with van der Waals surface area (Å²) in [5.41, 5.74) is 1.42. The molecule has 1 heterocycles. The maximum absolute atomic E-state index is 12.2. The van der Waals surface area contributed by atoms with Gasteiger partial charge in [0.05, 0.1) is 4.88 Å². The minimum Gasteiger partial charge on any atom is -0.347 e. The Balaban J connectivity index is 1.70. The van der Waals surface area contributed by atoms with E-state index in [1.54, 1.807) is 11.3 Å². The summed E-state index contributed by atoms with van der Waals surface area (Å²) in [5.74, 6) is 0.130. The van der Waals surface area contributed by atoms with Crippen molar-refractivity contribution < 1.29 is 4.79 Å². The molecule has 0 aliphatic heterocycles. The molecule has 2 aliphatic rings. The molecule has 1 amide bonds. The minimum absolute atomic E-state index is 0.130. The molecule has 2 atom stereocenters. The minimum atomic E-state index is 0.130. The van der Waals surface area contributed by atoms with Crippen LogP contribution < -0.4 is 5.32 Å². The lowest BCUT2D eigenvalue weighted by Crippen LogP contribution is -2.37. The lowest BCUT2D eigenvalue weighted by atomic mass is 9.99. The highest BCUT2D eigenvalue weighted by molar-refractivity contribution is 9.09. The predicted molar refractivity (Wildman–Crippen MR) is 78.8 cm³/mol. The van der Waals surface area contributed by atoms with Crippen molar-refractivity contribution in [3.8, 4) is 0 Å². The molecule has 0 radical (unpaired) electrons. The molecule has 2 aliphatic carbocycles. The molecule has 18 heavy (non-hydrogen) atoms. The maximum atomic E-state index is 12.2. The van der Waals surface area contributed by atoms with E-state index in [0.717, 1.165) is 24.1 Å². The van der Waals surface area contributed by atoms with Crippen LogP contribution in [0.25, 0.3) is 0 Å². The fourth-order valence-electron chi connectivity index (χ4n) is 2.92. The molecule has 1 fully saturated rings. The lowest BCUT2D eigenvalue weighted by Gasteiger charge is -2.15. The average Bonchev–Trinajstić information content (AvgIpc) is 2.96. The summed E-state index contributed by atoms with van der Waals surface area (Å²) in [6.07, 6.45) is 8.36. The van der Waals surface area contributed by atoms with Gasteiger partial charge < -0.3 is 5.32 Å². The Labute approximate surface area is 120 Å². The summed E-state index contributed by atoms with van der Waals surface area (Å²) in [6.45, 7) is 0. The Morgan fingerprint density at radius 3 is 2.83 bits per heavy atom. The van der Waals surface area contributed by atoms with Crippen LogP contribution in [-0.4, -0.2) is 16.8 Å². The van der Waals surface area contributed by atoms with Crippen molar-refractivity contribution in [1.82, 2.24) is 5.32 Å². The first-order valence-electron chi connectivity index (χ1n) is 6.80. The van der Waals surface area contributed by atoms with Gasteiger partial charge in [-0.15, -0.1) is 11.3 Å². The number of hydrogen-bond donors (Lipinski definition) is 1. The highest BCUT2D eigenvalue weighted by Gasteiger charge is 2.27.